The van der Waals surface area contributed by atoms with E-state index in [1.54, 1.807) is 25.3 Å². The van der Waals surface area contributed by atoms with Crippen molar-refractivity contribution in [1.29, 1.82) is 0 Å². The molecule has 0 aromatic heterocycles. The molecule has 0 saturated heterocycles. The van der Waals surface area contributed by atoms with Crippen molar-refractivity contribution in [1.82, 2.24) is 5.32 Å². The molecule has 0 atom stereocenters. The minimum absolute atomic E-state index is 0.243. The lowest BCUT2D eigenvalue weighted by Gasteiger charge is -2.08. The Labute approximate surface area is 146 Å². The molecule has 0 saturated carbocycles. The second kappa shape index (κ2) is 8.63. The van der Waals surface area contributed by atoms with Crippen LogP contribution in [0.2, 0.25) is 0 Å². The summed E-state index contributed by atoms with van der Waals surface area (Å²) in [6.45, 7) is 1.67. The van der Waals surface area contributed by atoms with E-state index in [1.165, 1.54) is 13.0 Å². The summed E-state index contributed by atoms with van der Waals surface area (Å²) >= 11 is 0. The van der Waals surface area contributed by atoms with Crippen LogP contribution in [0.4, 0.5) is 5.69 Å². The van der Waals surface area contributed by atoms with Gasteiger partial charge in [0.15, 0.2) is 0 Å². The number of hydrogen-bond donors (Lipinski definition) is 2. The molecule has 0 aliphatic heterocycles. The Morgan fingerprint density at radius 3 is 2.40 bits per heavy atom. The third-order valence-electron chi connectivity index (χ3n) is 3.56. The monoisotopic (exact) mass is 340 g/mol. The Morgan fingerprint density at radius 1 is 1.04 bits per heavy atom. The lowest BCUT2D eigenvalue weighted by atomic mass is 10.1. The normalized spacial score (nSPS) is 10.0. The molecule has 6 heteroatoms. The van der Waals surface area contributed by atoms with Crippen molar-refractivity contribution in [2.24, 2.45) is 0 Å². The van der Waals surface area contributed by atoms with E-state index >= 15 is 0 Å². The SMILES string of the molecule is COc1ccc(CCNC(=O)c2cccc(NC(=O)C(C)=O)c2)cc1. The maximum Gasteiger partial charge on any atom is 0.291 e. The van der Waals surface area contributed by atoms with E-state index in [0.29, 0.717) is 24.2 Å². The number of ether oxygens (including phenoxy) is 1. The van der Waals surface area contributed by atoms with Crippen LogP contribution in [-0.4, -0.2) is 31.3 Å². The van der Waals surface area contributed by atoms with Crippen LogP contribution in [0.25, 0.3) is 0 Å². The first-order chi connectivity index (χ1) is 12.0. The Morgan fingerprint density at radius 2 is 1.76 bits per heavy atom. The van der Waals surface area contributed by atoms with Gasteiger partial charge in [-0.3, -0.25) is 14.4 Å². The molecule has 2 N–H and O–H groups in total. The van der Waals surface area contributed by atoms with E-state index < -0.39 is 11.7 Å². The average Bonchev–Trinajstić information content (AvgIpc) is 2.62. The van der Waals surface area contributed by atoms with Gasteiger partial charge in [-0.2, -0.15) is 0 Å². The Kier molecular flexibility index (Phi) is 6.28. The van der Waals surface area contributed by atoms with E-state index in [-0.39, 0.29) is 5.91 Å². The predicted molar refractivity (Wildman–Crippen MR) is 94.8 cm³/mol. The van der Waals surface area contributed by atoms with Crippen molar-refractivity contribution in [3.63, 3.8) is 0 Å². The summed E-state index contributed by atoms with van der Waals surface area (Å²) in [7, 11) is 1.61. The van der Waals surface area contributed by atoms with Gasteiger partial charge in [-0.05, 0) is 42.3 Å². The number of Topliss-reactive ketones (excluding diaryl/α,β-unsaturated/α-hetero) is 1. The minimum Gasteiger partial charge on any atom is -0.497 e. The fraction of sp³-hybridized carbons (Fsp3) is 0.211. The van der Waals surface area contributed by atoms with Gasteiger partial charge in [0.05, 0.1) is 7.11 Å². The van der Waals surface area contributed by atoms with Gasteiger partial charge >= 0.3 is 0 Å². The molecule has 0 fully saturated rings. The zero-order valence-corrected chi connectivity index (χ0v) is 14.2. The van der Waals surface area contributed by atoms with Gasteiger partial charge in [-0.1, -0.05) is 18.2 Å². The predicted octanol–water partition coefficient (Wildman–Crippen LogP) is 2.20. The fourth-order valence-corrected chi connectivity index (χ4v) is 2.17. The molecule has 0 aliphatic carbocycles. The number of rotatable bonds is 7. The number of ketones is 1. The van der Waals surface area contributed by atoms with Crippen molar-refractivity contribution in [3.8, 4) is 5.75 Å². The minimum atomic E-state index is -0.711. The van der Waals surface area contributed by atoms with Gasteiger partial charge in [0, 0.05) is 24.7 Å². The van der Waals surface area contributed by atoms with Gasteiger partial charge in [0.25, 0.3) is 11.8 Å². The smallest absolute Gasteiger partial charge is 0.291 e. The summed E-state index contributed by atoms with van der Waals surface area (Å²) in [5.41, 5.74) is 1.91. The quantitative estimate of drug-likeness (QED) is 0.757. The van der Waals surface area contributed by atoms with Crippen molar-refractivity contribution in [2.75, 3.05) is 19.0 Å². The van der Waals surface area contributed by atoms with Gasteiger partial charge in [0.2, 0.25) is 5.78 Å². The van der Waals surface area contributed by atoms with Gasteiger partial charge in [-0.15, -0.1) is 0 Å². The largest absolute Gasteiger partial charge is 0.497 e. The first-order valence-corrected chi connectivity index (χ1v) is 7.82. The third kappa shape index (κ3) is 5.46. The molecule has 0 radical (unpaired) electrons. The van der Waals surface area contributed by atoms with Crippen molar-refractivity contribution < 1.29 is 19.1 Å². The zero-order valence-electron chi connectivity index (χ0n) is 14.2. The first-order valence-electron chi connectivity index (χ1n) is 7.82. The standard InChI is InChI=1S/C19H20N2O4/c1-13(22)18(23)21-16-5-3-4-15(12-16)19(24)20-11-10-14-6-8-17(25-2)9-7-14/h3-9,12H,10-11H2,1-2H3,(H,20,24)(H,21,23). The number of anilines is 1. The van der Waals surface area contributed by atoms with Gasteiger partial charge in [0.1, 0.15) is 5.75 Å². The average molecular weight is 340 g/mol. The van der Waals surface area contributed by atoms with Crippen LogP contribution in [0.1, 0.15) is 22.8 Å². The van der Waals surface area contributed by atoms with Crippen LogP contribution in [0, 0.1) is 0 Å². The molecular formula is C19H20N2O4. The Balaban J connectivity index is 1.89. The summed E-state index contributed by atoms with van der Waals surface area (Å²) < 4.78 is 5.10. The van der Waals surface area contributed by atoms with E-state index in [0.717, 1.165) is 11.3 Å². The van der Waals surface area contributed by atoms with Crippen LogP contribution in [0.3, 0.4) is 0 Å². The van der Waals surface area contributed by atoms with Crippen LogP contribution >= 0.6 is 0 Å². The van der Waals surface area contributed by atoms with E-state index in [4.69, 9.17) is 4.74 Å². The van der Waals surface area contributed by atoms with Crippen LogP contribution in [0.5, 0.6) is 5.75 Å². The Hall–Kier alpha value is -3.15. The molecule has 0 unspecified atom stereocenters. The summed E-state index contributed by atoms with van der Waals surface area (Å²) in [6, 6.07) is 14.1. The van der Waals surface area contributed by atoms with Crippen molar-refractivity contribution in [2.45, 2.75) is 13.3 Å². The highest BCUT2D eigenvalue weighted by molar-refractivity contribution is 6.39. The molecule has 0 heterocycles. The number of carbonyl (C=O) groups is 3. The summed E-state index contributed by atoms with van der Waals surface area (Å²) in [5, 5.41) is 5.28. The lowest BCUT2D eigenvalue weighted by Crippen LogP contribution is -2.26. The maximum atomic E-state index is 12.2. The molecule has 130 valence electrons. The van der Waals surface area contributed by atoms with Gasteiger partial charge < -0.3 is 15.4 Å². The lowest BCUT2D eigenvalue weighted by molar-refractivity contribution is -0.133. The van der Waals surface area contributed by atoms with Crippen molar-refractivity contribution in [3.05, 3.63) is 59.7 Å². The number of methoxy groups -OCH3 is 1. The highest BCUT2D eigenvalue weighted by atomic mass is 16.5. The molecule has 0 aliphatic rings. The van der Waals surface area contributed by atoms with E-state index in [1.807, 2.05) is 24.3 Å². The second-order valence-electron chi connectivity index (χ2n) is 5.45. The van der Waals surface area contributed by atoms with Crippen LogP contribution in [-0.2, 0) is 16.0 Å². The molecule has 2 aromatic carbocycles. The number of nitrogens with one attached hydrogen (secondary N) is 2. The summed E-state index contributed by atoms with van der Waals surface area (Å²) in [6.07, 6.45) is 0.691. The number of benzene rings is 2. The molecule has 0 spiro atoms. The molecule has 6 nitrogen and oxygen atoms in total. The molecule has 2 rings (SSSR count). The number of carbonyl (C=O) groups excluding carboxylic acids is 3. The highest BCUT2D eigenvalue weighted by Crippen LogP contribution is 2.12. The molecule has 2 aromatic rings. The van der Waals surface area contributed by atoms with Gasteiger partial charge in [-0.25, -0.2) is 0 Å². The summed E-state index contributed by atoms with van der Waals surface area (Å²) in [4.78, 5) is 34.6. The number of hydrogen-bond acceptors (Lipinski definition) is 4. The maximum absolute atomic E-state index is 12.2. The third-order valence-corrected chi connectivity index (χ3v) is 3.56. The summed E-state index contributed by atoms with van der Waals surface area (Å²) in [5.74, 6) is -0.754. The first kappa shape index (κ1) is 18.2. The van der Waals surface area contributed by atoms with Crippen LogP contribution < -0.4 is 15.4 Å². The topological polar surface area (TPSA) is 84.5 Å². The molecule has 2 amide bonds. The van der Waals surface area contributed by atoms with E-state index in [9.17, 15) is 14.4 Å². The van der Waals surface area contributed by atoms with E-state index in [2.05, 4.69) is 10.6 Å². The second-order valence-corrected chi connectivity index (χ2v) is 5.45. The zero-order chi connectivity index (χ0) is 18.2. The fourth-order valence-electron chi connectivity index (χ4n) is 2.17. The van der Waals surface area contributed by atoms with Crippen LogP contribution in [0.15, 0.2) is 48.5 Å². The molecular weight excluding hydrogens is 320 g/mol. The number of amides is 2. The van der Waals surface area contributed by atoms with Crippen molar-refractivity contribution >= 4 is 23.3 Å². The molecule has 25 heavy (non-hydrogen) atoms. The Bertz CT molecular complexity index is 769. The molecule has 0 bridgehead atoms. The highest BCUT2D eigenvalue weighted by Gasteiger charge is 2.10.